The van der Waals surface area contributed by atoms with Crippen LogP contribution in [0.3, 0.4) is 0 Å². The van der Waals surface area contributed by atoms with Crippen molar-refractivity contribution in [3.05, 3.63) is 29.3 Å². The van der Waals surface area contributed by atoms with E-state index in [-0.39, 0.29) is 0 Å². The highest BCUT2D eigenvalue weighted by molar-refractivity contribution is 5.80. The van der Waals surface area contributed by atoms with E-state index in [4.69, 9.17) is 15.3 Å². The molecule has 2 N–H and O–H groups in total. The summed E-state index contributed by atoms with van der Waals surface area (Å²) in [5.41, 5.74) is 1.93. The summed E-state index contributed by atoms with van der Waals surface area (Å²) in [6, 6.07) is 5.72. The van der Waals surface area contributed by atoms with E-state index in [9.17, 15) is 0 Å². The highest BCUT2D eigenvalue weighted by Crippen LogP contribution is 2.20. The van der Waals surface area contributed by atoms with Crippen LogP contribution in [-0.4, -0.2) is 19.9 Å². The summed E-state index contributed by atoms with van der Waals surface area (Å²) in [7, 11) is 1.64. The number of hydrogen-bond donors (Lipinski definition) is 1. The largest absolute Gasteiger partial charge is 0.496 e. The molecule has 0 amide bonds. The molecular weight excluding hydrogens is 192 g/mol. The third-order valence-corrected chi connectivity index (χ3v) is 1.99. The summed E-state index contributed by atoms with van der Waals surface area (Å²) < 4.78 is 10.6. The van der Waals surface area contributed by atoms with Crippen molar-refractivity contribution in [2.75, 3.05) is 13.7 Å². The zero-order valence-corrected chi connectivity index (χ0v) is 9.06. The smallest absolute Gasteiger partial charge is 0.124 e. The highest BCUT2D eigenvalue weighted by atomic mass is 16.5. The number of hydrogen-bond acceptors (Lipinski definition) is 4. The Morgan fingerprint density at radius 2 is 2.27 bits per heavy atom. The number of nitrogens with two attached hydrogens (primary N) is 1. The number of ether oxygens (including phenoxy) is 2. The van der Waals surface area contributed by atoms with Gasteiger partial charge in [0.25, 0.3) is 0 Å². The minimum atomic E-state index is 0.534. The molecular formula is C11H16N2O2. The molecule has 1 aromatic rings. The van der Waals surface area contributed by atoms with Gasteiger partial charge >= 0.3 is 0 Å². The van der Waals surface area contributed by atoms with Crippen LogP contribution in [-0.2, 0) is 11.3 Å². The number of nitrogens with zero attached hydrogens (tertiary/aromatic N) is 1. The van der Waals surface area contributed by atoms with Gasteiger partial charge in [-0.25, -0.2) is 0 Å². The fraction of sp³-hybridized carbons (Fsp3) is 0.364. The monoisotopic (exact) mass is 208 g/mol. The van der Waals surface area contributed by atoms with Crippen LogP contribution in [0.15, 0.2) is 23.3 Å². The molecule has 0 radical (unpaired) electrons. The second-order valence-electron chi connectivity index (χ2n) is 2.99. The van der Waals surface area contributed by atoms with E-state index in [0.29, 0.717) is 13.2 Å². The average Bonchev–Trinajstić information content (AvgIpc) is 2.27. The predicted octanol–water partition coefficient (Wildman–Crippen LogP) is 1.52. The second kappa shape index (κ2) is 6.03. The molecule has 0 spiro atoms. The summed E-state index contributed by atoms with van der Waals surface area (Å²) in [6.45, 7) is 3.17. The van der Waals surface area contributed by atoms with Crippen LogP contribution >= 0.6 is 0 Å². The molecule has 0 saturated heterocycles. The normalized spacial score (nSPS) is 10.8. The topological polar surface area (TPSA) is 56.8 Å². The van der Waals surface area contributed by atoms with Gasteiger partial charge in [0, 0.05) is 12.2 Å². The first-order valence-corrected chi connectivity index (χ1v) is 4.79. The van der Waals surface area contributed by atoms with Gasteiger partial charge in [-0.3, -0.25) is 0 Å². The summed E-state index contributed by atoms with van der Waals surface area (Å²) >= 11 is 0. The van der Waals surface area contributed by atoms with Crippen LogP contribution in [0.5, 0.6) is 5.75 Å². The van der Waals surface area contributed by atoms with Crippen molar-refractivity contribution in [3.8, 4) is 5.75 Å². The van der Waals surface area contributed by atoms with Gasteiger partial charge < -0.3 is 15.3 Å². The van der Waals surface area contributed by atoms with Gasteiger partial charge in [-0.1, -0.05) is 0 Å². The molecule has 0 fully saturated rings. The van der Waals surface area contributed by atoms with Crippen molar-refractivity contribution in [2.45, 2.75) is 13.5 Å². The van der Waals surface area contributed by atoms with Crippen molar-refractivity contribution in [2.24, 2.45) is 10.9 Å². The maximum Gasteiger partial charge on any atom is 0.124 e. The number of benzene rings is 1. The molecule has 0 saturated carbocycles. The van der Waals surface area contributed by atoms with Crippen molar-refractivity contribution in [1.29, 1.82) is 0 Å². The van der Waals surface area contributed by atoms with E-state index < -0.39 is 0 Å². The molecule has 0 aliphatic carbocycles. The van der Waals surface area contributed by atoms with Crippen LogP contribution in [0.1, 0.15) is 18.1 Å². The fourth-order valence-corrected chi connectivity index (χ4v) is 1.29. The third kappa shape index (κ3) is 3.25. The van der Waals surface area contributed by atoms with Crippen molar-refractivity contribution in [3.63, 3.8) is 0 Å². The van der Waals surface area contributed by atoms with Crippen molar-refractivity contribution in [1.82, 2.24) is 0 Å². The summed E-state index contributed by atoms with van der Waals surface area (Å²) in [6.07, 6.45) is 1.59. The lowest BCUT2D eigenvalue weighted by Crippen LogP contribution is -1.98. The van der Waals surface area contributed by atoms with E-state index in [1.165, 1.54) is 0 Å². The van der Waals surface area contributed by atoms with E-state index in [2.05, 4.69) is 5.10 Å². The van der Waals surface area contributed by atoms with Crippen LogP contribution in [0, 0.1) is 0 Å². The average molecular weight is 208 g/mol. The minimum Gasteiger partial charge on any atom is -0.496 e. The Hall–Kier alpha value is -1.55. The molecule has 0 aliphatic heterocycles. The summed E-state index contributed by atoms with van der Waals surface area (Å²) in [5, 5.41) is 3.48. The van der Waals surface area contributed by atoms with Crippen LogP contribution in [0.25, 0.3) is 0 Å². The molecule has 1 rings (SSSR count). The van der Waals surface area contributed by atoms with Gasteiger partial charge in [-0.2, -0.15) is 5.10 Å². The maximum atomic E-state index is 5.34. The van der Waals surface area contributed by atoms with Gasteiger partial charge in [0.2, 0.25) is 0 Å². The minimum absolute atomic E-state index is 0.534. The Kier molecular flexibility index (Phi) is 4.63. The first kappa shape index (κ1) is 11.5. The molecule has 15 heavy (non-hydrogen) atoms. The SMILES string of the molecule is CCOCc1cc(C=NN)ccc1OC. The maximum absolute atomic E-state index is 5.34. The Labute approximate surface area is 89.7 Å². The molecule has 1 aromatic carbocycles. The fourth-order valence-electron chi connectivity index (χ4n) is 1.29. The standard InChI is InChI=1S/C11H16N2O2/c1-3-15-8-10-6-9(7-13-12)4-5-11(10)14-2/h4-7H,3,8,12H2,1-2H3. The molecule has 0 aromatic heterocycles. The molecule has 4 nitrogen and oxygen atoms in total. The Morgan fingerprint density at radius 1 is 1.47 bits per heavy atom. The van der Waals surface area contributed by atoms with Gasteiger partial charge in [0.1, 0.15) is 5.75 Å². The van der Waals surface area contributed by atoms with Crippen LogP contribution < -0.4 is 10.6 Å². The van der Waals surface area contributed by atoms with Crippen molar-refractivity contribution >= 4 is 6.21 Å². The molecule has 0 heterocycles. The Balaban J connectivity index is 2.91. The Morgan fingerprint density at radius 3 is 2.87 bits per heavy atom. The lowest BCUT2D eigenvalue weighted by Gasteiger charge is -2.09. The van der Waals surface area contributed by atoms with Gasteiger partial charge in [0.15, 0.2) is 0 Å². The summed E-state index contributed by atoms with van der Waals surface area (Å²) in [5.74, 6) is 5.91. The first-order valence-electron chi connectivity index (χ1n) is 4.79. The first-order chi connectivity index (χ1) is 7.31. The molecule has 0 atom stereocenters. The molecule has 82 valence electrons. The third-order valence-electron chi connectivity index (χ3n) is 1.99. The van der Waals surface area contributed by atoms with Gasteiger partial charge in [-0.15, -0.1) is 0 Å². The van der Waals surface area contributed by atoms with Gasteiger partial charge in [-0.05, 0) is 30.7 Å². The lowest BCUT2D eigenvalue weighted by molar-refractivity contribution is 0.132. The number of hydrazone groups is 1. The zero-order chi connectivity index (χ0) is 11.1. The van der Waals surface area contributed by atoms with E-state index >= 15 is 0 Å². The number of methoxy groups -OCH3 is 1. The van der Waals surface area contributed by atoms with E-state index in [0.717, 1.165) is 16.9 Å². The second-order valence-corrected chi connectivity index (χ2v) is 2.99. The van der Waals surface area contributed by atoms with Crippen LogP contribution in [0.2, 0.25) is 0 Å². The molecule has 0 bridgehead atoms. The summed E-state index contributed by atoms with van der Waals surface area (Å²) in [4.78, 5) is 0. The molecule has 4 heteroatoms. The quantitative estimate of drug-likeness (QED) is 0.453. The van der Waals surface area contributed by atoms with E-state index in [1.807, 2.05) is 25.1 Å². The highest BCUT2D eigenvalue weighted by Gasteiger charge is 2.03. The van der Waals surface area contributed by atoms with Crippen molar-refractivity contribution < 1.29 is 9.47 Å². The van der Waals surface area contributed by atoms with E-state index in [1.54, 1.807) is 13.3 Å². The molecule has 0 aliphatic rings. The zero-order valence-electron chi connectivity index (χ0n) is 9.06. The predicted molar refractivity (Wildman–Crippen MR) is 60.1 cm³/mol. The van der Waals surface area contributed by atoms with Gasteiger partial charge in [0.05, 0.1) is 19.9 Å². The number of rotatable bonds is 5. The Bertz CT molecular complexity index is 337. The van der Waals surface area contributed by atoms with Crippen LogP contribution in [0.4, 0.5) is 0 Å². The lowest BCUT2D eigenvalue weighted by atomic mass is 10.1. The molecule has 0 unspecified atom stereocenters.